The minimum atomic E-state index is -0.507. The van der Waals surface area contributed by atoms with E-state index < -0.39 is 6.09 Å². The summed E-state index contributed by atoms with van der Waals surface area (Å²) in [6, 6.07) is 21.0. The van der Waals surface area contributed by atoms with Crippen LogP contribution in [-0.2, 0) is 17.7 Å². The van der Waals surface area contributed by atoms with Crippen LogP contribution in [0.25, 0.3) is 0 Å². The van der Waals surface area contributed by atoms with Gasteiger partial charge in [-0.3, -0.25) is 5.32 Å². The van der Waals surface area contributed by atoms with E-state index in [2.05, 4.69) is 24.1 Å². The number of ether oxygens (including phenoxy) is 2. The molecule has 0 fully saturated rings. The number of esters is 1. The molecule has 1 amide bonds. The van der Waals surface area contributed by atoms with Gasteiger partial charge in [-0.25, -0.2) is 9.59 Å². The van der Waals surface area contributed by atoms with E-state index >= 15 is 0 Å². The topological polar surface area (TPSA) is 67.9 Å². The highest BCUT2D eigenvalue weighted by Gasteiger charge is 2.20. The van der Waals surface area contributed by atoms with Crippen LogP contribution < -0.4 is 15.0 Å². The van der Waals surface area contributed by atoms with Crippen LogP contribution in [0.1, 0.15) is 46.8 Å². The lowest BCUT2D eigenvalue weighted by Gasteiger charge is -2.20. The number of hydrogen-bond donors (Lipinski definition) is 1. The summed E-state index contributed by atoms with van der Waals surface area (Å²) in [5.74, 6) is 0.628. The van der Waals surface area contributed by atoms with Crippen LogP contribution in [0.3, 0.4) is 0 Å². The Hall–Kier alpha value is -3.80. The minimum Gasteiger partial charge on any atom is -0.465 e. The molecule has 4 rings (SSSR count). The Labute approximate surface area is 194 Å². The van der Waals surface area contributed by atoms with Crippen LogP contribution in [0.5, 0.6) is 5.75 Å². The molecule has 170 valence electrons. The molecule has 0 spiro atoms. The normalized spacial score (nSPS) is 12.4. The lowest BCUT2D eigenvalue weighted by molar-refractivity contribution is 0.0600. The molecule has 0 saturated heterocycles. The molecule has 6 heteroatoms. The van der Waals surface area contributed by atoms with Crippen molar-refractivity contribution in [3.05, 3.63) is 89.0 Å². The Morgan fingerprint density at radius 1 is 1.00 bits per heavy atom. The van der Waals surface area contributed by atoms with E-state index in [-0.39, 0.29) is 5.97 Å². The molecule has 0 saturated carbocycles. The summed E-state index contributed by atoms with van der Waals surface area (Å²) in [6.07, 6.45) is 0.373. The first-order valence-electron chi connectivity index (χ1n) is 11.1. The highest BCUT2D eigenvalue weighted by Crippen LogP contribution is 2.32. The van der Waals surface area contributed by atoms with E-state index in [1.165, 1.54) is 12.7 Å². The maximum absolute atomic E-state index is 12.3. The molecular formula is C27H28N2O4. The second kappa shape index (κ2) is 9.77. The van der Waals surface area contributed by atoms with E-state index in [0.29, 0.717) is 22.9 Å². The molecule has 6 nitrogen and oxygen atoms in total. The predicted molar refractivity (Wildman–Crippen MR) is 129 cm³/mol. The van der Waals surface area contributed by atoms with Gasteiger partial charge in [0.1, 0.15) is 5.75 Å². The van der Waals surface area contributed by atoms with Crippen molar-refractivity contribution in [2.75, 3.05) is 23.9 Å². The summed E-state index contributed by atoms with van der Waals surface area (Å²) in [6.45, 7) is 5.88. The molecule has 3 aromatic carbocycles. The number of carbonyl (C=O) groups is 2. The summed E-state index contributed by atoms with van der Waals surface area (Å²) in [4.78, 5) is 26.2. The summed E-state index contributed by atoms with van der Waals surface area (Å²) >= 11 is 0. The summed E-state index contributed by atoms with van der Waals surface area (Å²) in [5.41, 5.74) is 5.85. The fourth-order valence-electron chi connectivity index (χ4n) is 3.96. The first-order valence-corrected chi connectivity index (χ1v) is 11.1. The largest absolute Gasteiger partial charge is 0.465 e. The van der Waals surface area contributed by atoms with Crippen molar-refractivity contribution in [3.63, 3.8) is 0 Å². The van der Waals surface area contributed by atoms with Crippen LogP contribution >= 0.6 is 0 Å². The first kappa shape index (κ1) is 22.4. The Morgan fingerprint density at radius 2 is 1.73 bits per heavy atom. The van der Waals surface area contributed by atoms with Crippen molar-refractivity contribution in [3.8, 4) is 5.75 Å². The zero-order valence-corrected chi connectivity index (χ0v) is 19.1. The van der Waals surface area contributed by atoms with Crippen molar-refractivity contribution >= 4 is 23.4 Å². The quantitative estimate of drug-likeness (QED) is 0.489. The van der Waals surface area contributed by atoms with Gasteiger partial charge in [0.2, 0.25) is 0 Å². The second-order valence-corrected chi connectivity index (χ2v) is 8.44. The Morgan fingerprint density at radius 3 is 2.39 bits per heavy atom. The van der Waals surface area contributed by atoms with Gasteiger partial charge in [0.25, 0.3) is 0 Å². The standard InChI is InChI=1S/C27H28N2O4/c1-18(2)20-8-10-23(11-9-20)28-27(31)33-24-12-13-25-22(16-24)14-15-29(25)17-19-4-6-21(7-5-19)26(30)32-3/h4-13,16,18H,14-15,17H2,1-3H3,(H,28,31). The number of fused-ring (bicyclic) bond motifs is 1. The van der Waals surface area contributed by atoms with Gasteiger partial charge in [-0.05, 0) is 71.5 Å². The summed E-state index contributed by atoms with van der Waals surface area (Å²) in [5, 5.41) is 2.78. The van der Waals surface area contributed by atoms with Gasteiger partial charge in [-0.15, -0.1) is 0 Å². The average Bonchev–Trinajstić information content (AvgIpc) is 3.21. The maximum atomic E-state index is 12.3. The van der Waals surface area contributed by atoms with Crippen LogP contribution in [0.4, 0.5) is 16.2 Å². The van der Waals surface area contributed by atoms with Crippen molar-refractivity contribution < 1.29 is 19.1 Å². The van der Waals surface area contributed by atoms with Gasteiger partial charge in [-0.2, -0.15) is 0 Å². The van der Waals surface area contributed by atoms with E-state index in [1.807, 2.05) is 54.6 Å². The molecule has 0 atom stereocenters. The molecule has 33 heavy (non-hydrogen) atoms. The van der Waals surface area contributed by atoms with Gasteiger partial charge in [0, 0.05) is 24.5 Å². The average molecular weight is 445 g/mol. The maximum Gasteiger partial charge on any atom is 0.417 e. The van der Waals surface area contributed by atoms with E-state index in [1.54, 1.807) is 12.1 Å². The number of anilines is 2. The van der Waals surface area contributed by atoms with Gasteiger partial charge < -0.3 is 14.4 Å². The molecule has 0 bridgehead atoms. The lowest BCUT2D eigenvalue weighted by Crippen LogP contribution is -2.19. The van der Waals surface area contributed by atoms with E-state index in [4.69, 9.17) is 9.47 Å². The number of methoxy groups -OCH3 is 1. The third-order valence-electron chi connectivity index (χ3n) is 5.83. The molecule has 0 unspecified atom stereocenters. The lowest BCUT2D eigenvalue weighted by atomic mass is 10.0. The third kappa shape index (κ3) is 5.34. The Balaban J connectivity index is 1.37. The summed E-state index contributed by atoms with van der Waals surface area (Å²) < 4.78 is 10.3. The van der Waals surface area contributed by atoms with Crippen LogP contribution in [-0.4, -0.2) is 25.7 Å². The molecular weight excluding hydrogens is 416 g/mol. The van der Waals surface area contributed by atoms with Crippen molar-refractivity contribution in [2.45, 2.75) is 32.7 Å². The fourth-order valence-corrected chi connectivity index (χ4v) is 3.96. The van der Waals surface area contributed by atoms with Gasteiger partial charge >= 0.3 is 12.1 Å². The molecule has 1 heterocycles. The van der Waals surface area contributed by atoms with Crippen LogP contribution in [0.15, 0.2) is 66.7 Å². The molecule has 3 aromatic rings. The van der Waals surface area contributed by atoms with Gasteiger partial charge in [0.05, 0.1) is 12.7 Å². The van der Waals surface area contributed by atoms with Crippen molar-refractivity contribution in [2.24, 2.45) is 0 Å². The SMILES string of the molecule is COC(=O)c1ccc(CN2CCc3cc(OC(=O)Nc4ccc(C(C)C)cc4)ccc32)cc1. The molecule has 0 radical (unpaired) electrons. The van der Waals surface area contributed by atoms with Crippen LogP contribution in [0.2, 0.25) is 0 Å². The molecule has 0 aromatic heterocycles. The minimum absolute atomic E-state index is 0.336. The van der Waals surface area contributed by atoms with E-state index in [9.17, 15) is 9.59 Å². The van der Waals surface area contributed by atoms with Crippen molar-refractivity contribution in [1.29, 1.82) is 0 Å². The monoisotopic (exact) mass is 444 g/mol. The van der Waals surface area contributed by atoms with Crippen molar-refractivity contribution in [1.82, 2.24) is 0 Å². The molecule has 1 N–H and O–H groups in total. The number of nitrogens with zero attached hydrogens (tertiary/aromatic N) is 1. The number of amides is 1. The Kier molecular flexibility index (Phi) is 6.63. The molecule has 0 aliphatic carbocycles. The second-order valence-electron chi connectivity index (χ2n) is 8.44. The smallest absolute Gasteiger partial charge is 0.417 e. The number of carbonyl (C=O) groups excluding carboxylic acids is 2. The fraction of sp³-hybridized carbons (Fsp3) is 0.259. The number of rotatable bonds is 6. The number of benzene rings is 3. The zero-order valence-electron chi connectivity index (χ0n) is 19.1. The predicted octanol–water partition coefficient (Wildman–Crippen LogP) is 5.77. The summed E-state index contributed by atoms with van der Waals surface area (Å²) in [7, 11) is 1.38. The molecule has 1 aliphatic rings. The number of nitrogens with one attached hydrogen (secondary N) is 1. The molecule has 1 aliphatic heterocycles. The Bertz CT molecular complexity index is 1140. The zero-order chi connectivity index (χ0) is 23.4. The number of hydrogen-bond acceptors (Lipinski definition) is 5. The van der Waals surface area contributed by atoms with Gasteiger partial charge in [0.15, 0.2) is 0 Å². The van der Waals surface area contributed by atoms with E-state index in [0.717, 1.165) is 36.3 Å². The highest BCUT2D eigenvalue weighted by molar-refractivity contribution is 5.89. The van der Waals surface area contributed by atoms with Gasteiger partial charge in [-0.1, -0.05) is 38.1 Å². The third-order valence-corrected chi connectivity index (χ3v) is 5.83. The first-order chi connectivity index (χ1) is 15.9. The highest BCUT2D eigenvalue weighted by atomic mass is 16.6. The van der Waals surface area contributed by atoms with Crippen LogP contribution in [0, 0.1) is 0 Å².